The van der Waals surface area contributed by atoms with Crippen LogP contribution < -0.4 is 0 Å². The van der Waals surface area contributed by atoms with Crippen LogP contribution in [0, 0.1) is 13.8 Å². The molecule has 1 spiro atoms. The second kappa shape index (κ2) is 5.43. The average molecular weight is 392 g/mol. The predicted molar refractivity (Wildman–Crippen MR) is 118 cm³/mol. The fraction of sp³-hybridized carbons (Fsp3) is 0.321. The SMILES string of the molecule is Cc1cc(C)c2c(c1)CN1C(=O)C[C@@H]3c4ccccc4[C@H]4C[C@H]2[C@]31c1ccccc14. The minimum Gasteiger partial charge on any atom is -0.327 e. The number of fused-ring (bicyclic) bond motifs is 5. The molecule has 1 amide bonds. The van der Waals surface area contributed by atoms with Crippen molar-refractivity contribution in [3.63, 3.8) is 0 Å². The maximum Gasteiger partial charge on any atom is 0.224 e. The van der Waals surface area contributed by atoms with E-state index in [9.17, 15) is 4.79 Å². The summed E-state index contributed by atoms with van der Waals surface area (Å²) in [4.78, 5) is 15.8. The van der Waals surface area contributed by atoms with Crippen LogP contribution in [0.5, 0.6) is 0 Å². The minimum atomic E-state index is -0.246. The highest BCUT2D eigenvalue weighted by Crippen LogP contribution is 2.69. The Labute approximate surface area is 177 Å². The normalized spacial score (nSPS) is 29.7. The molecule has 0 saturated carbocycles. The molecule has 4 aliphatic rings. The van der Waals surface area contributed by atoms with Gasteiger partial charge in [-0.1, -0.05) is 66.2 Å². The van der Waals surface area contributed by atoms with Crippen LogP contribution >= 0.6 is 0 Å². The molecule has 2 bridgehead atoms. The number of carbonyl (C=O) groups is 1. The van der Waals surface area contributed by atoms with Gasteiger partial charge in [0.25, 0.3) is 0 Å². The topological polar surface area (TPSA) is 20.3 Å². The zero-order chi connectivity index (χ0) is 20.2. The van der Waals surface area contributed by atoms with Gasteiger partial charge < -0.3 is 4.90 Å². The van der Waals surface area contributed by atoms with Crippen LogP contribution in [0.1, 0.15) is 75.1 Å². The molecule has 1 fully saturated rings. The second-order valence-corrected chi connectivity index (χ2v) is 9.77. The van der Waals surface area contributed by atoms with Crippen LogP contribution in [-0.4, -0.2) is 10.8 Å². The molecule has 2 heterocycles. The summed E-state index contributed by atoms with van der Waals surface area (Å²) in [5, 5.41) is 0. The molecule has 148 valence electrons. The van der Waals surface area contributed by atoms with E-state index in [1.54, 1.807) is 0 Å². The molecule has 3 aromatic carbocycles. The summed E-state index contributed by atoms with van der Waals surface area (Å²) in [5.41, 5.74) is 11.0. The van der Waals surface area contributed by atoms with Gasteiger partial charge in [-0.3, -0.25) is 4.79 Å². The van der Waals surface area contributed by atoms with Crippen molar-refractivity contribution in [2.45, 2.75) is 56.5 Å². The smallest absolute Gasteiger partial charge is 0.224 e. The standard InChI is InChI=1S/C28H25NO/c1-16-11-17(2)27-18(12-16)15-29-26(30)14-24-20-8-4-3-7-19(20)22-13-25(27)28(24,29)23-10-6-5-9-21(22)23/h3-12,22,24-25H,13-15H2,1-2H3/t22-,24-,25-,28+/m1/s1. The lowest BCUT2D eigenvalue weighted by atomic mass is 9.58. The Kier molecular flexibility index (Phi) is 3.05. The Balaban J connectivity index is 1.64. The van der Waals surface area contributed by atoms with Crippen molar-refractivity contribution < 1.29 is 4.79 Å². The van der Waals surface area contributed by atoms with Crippen molar-refractivity contribution in [2.75, 3.05) is 0 Å². The molecule has 0 unspecified atom stereocenters. The molecule has 2 nitrogen and oxygen atoms in total. The largest absolute Gasteiger partial charge is 0.327 e. The third kappa shape index (κ3) is 1.76. The van der Waals surface area contributed by atoms with Crippen molar-refractivity contribution in [1.29, 1.82) is 0 Å². The number of hydrogen-bond donors (Lipinski definition) is 0. The van der Waals surface area contributed by atoms with E-state index < -0.39 is 0 Å². The van der Waals surface area contributed by atoms with Gasteiger partial charge in [0.2, 0.25) is 5.91 Å². The molecule has 0 N–H and O–H groups in total. The Bertz CT molecular complexity index is 1260. The molecule has 0 aromatic heterocycles. The number of amides is 1. The summed E-state index contributed by atoms with van der Waals surface area (Å²) < 4.78 is 0. The summed E-state index contributed by atoms with van der Waals surface area (Å²) in [6, 6.07) is 22.6. The maximum atomic E-state index is 13.6. The van der Waals surface area contributed by atoms with E-state index in [1.165, 1.54) is 44.5 Å². The summed E-state index contributed by atoms with van der Waals surface area (Å²) in [7, 11) is 0. The van der Waals surface area contributed by atoms with E-state index in [0.717, 1.165) is 13.0 Å². The van der Waals surface area contributed by atoms with Crippen LogP contribution in [-0.2, 0) is 16.9 Å². The molecule has 30 heavy (non-hydrogen) atoms. The Morgan fingerprint density at radius 3 is 2.47 bits per heavy atom. The molecular weight excluding hydrogens is 366 g/mol. The lowest BCUT2D eigenvalue weighted by Crippen LogP contribution is -2.54. The number of rotatable bonds is 0. The van der Waals surface area contributed by atoms with E-state index in [4.69, 9.17) is 0 Å². The highest BCUT2D eigenvalue weighted by atomic mass is 16.2. The molecule has 7 rings (SSSR count). The number of benzene rings is 3. The molecule has 1 saturated heterocycles. The summed E-state index contributed by atoms with van der Waals surface area (Å²) >= 11 is 0. The number of aryl methyl sites for hydroxylation is 2. The zero-order valence-electron chi connectivity index (χ0n) is 17.5. The molecule has 3 aromatic rings. The summed E-state index contributed by atoms with van der Waals surface area (Å²) in [6.07, 6.45) is 1.71. The average Bonchev–Trinajstić information content (AvgIpc) is 2.92. The van der Waals surface area contributed by atoms with Gasteiger partial charge >= 0.3 is 0 Å². The molecule has 2 aliphatic carbocycles. The first-order valence-electron chi connectivity index (χ1n) is 11.2. The summed E-state index contributed by atoms with van der Waals surface area (Å²) in [6.45, 7) is 5.20. The van der Waals surface area contributed by atoms with Gasteiger partial charge in [0.15, 0.2) is 0 Å². The third-order valence-corrected chi connectivity index (χ3v) is 8.47. The number of nitrogens with zero attached hydrogens (tertiary/aromatic N) is 1. The Morgan fingerprint density at radius 1 is 0.900 bits per heavy atom. The Hall–Kier alpha value is -2.87. The van der Waals surface area contributed by atoms with Crippen molar-refractivity contribution in [1.82, 2.24) is 4.90 Å². The van der Waals surface area contributed by atoms with E-state index in [0.29, 0.717) is 24.2 Å². The van der Waals surface area contributed by atoms with Crippen LogP contribution in [0.2, 0.25) is 0 Å². The first-order valence-corrected chi connectivity index (χ1v) is 11.2. The lowest BCUT2D eigenvalue weighted by molar-refractivity contribution is -0.134. The number of hydrogen-bond acceptors (Lipinski definition) is 1. The highest BCUT2D eigenvalue weighted by Gasteiger charge is 2.65. The minimum absolute atomic E-state index is 0.230. The van der Waals surface area contributed by atoms with Crippen LogP contribution in [0.25, 0.3) is 0 Å². The lowest BCUT2D eigenvalue weighted by Gasteiger charge is -2.55. The van der Waals surface area contributed by atoms with Gasteiger partial charge in [0, 0.05) is 30.7 Å². The fourth-order valence-electron chi connectivity index (χ4n) is 7.71. The van der Waals surface area contributed by atoms with Crippen molar-refractivity contribution in [3.8, 4) is 0 Å². The van der Waals surface area contributed by atoms with E-state index >= 15 is 0 Å². The first-order chi connectivity index (χ1) is 14.6. The highest BCUT2D eigenvalue weighted by molar-refractivity contribution is 5.85. The quantitative estimate of drug-likeness (QED) is 0.484. The second-order valence-electron chi connectivity index (χ2n) is 9.77. The zero-order valence-corrected chi connectivity index (χ0v) is 17.5. The Morgan fingerprint density at radius 2 is 1.63 bits per heavy atom. The van der Waals surface area contributed by atoms with Gasteiger partial charge in [-0.15, -0.1) is 0 Å². The maximum absolute atomic E-state index is 13.6. The molecular formula is C28H25NO. The fourth-order valence-corrected chi connectivity index (χ4v) is 7.71. The van der Waals surface area contributed by atoms with E-state index in [1.807, 2.05) is 0 Å². The molecule has 0 radical (unpaired) electrons. The first kappa shape index (κ1) is 16.9. The van der Waals surface area contributed by atoms with Gasteiger partial charge in [0.1, 0.15) is 0 Å². The molecule has 2 aliphatic heterocycles. The third-order valence-electron chi connectivity index (χ3n) is 8.47. The van der Waals surface area contributed by atoms with Crippen molar-refractivity contribution >= 4 is 5.91 Å². The van der Waals surface area contributed by atoms with Gasteiger partial charge in [-0.2, -0.15) is 0 Å². The molecule has 4 atom stereocenters. The molecule has 2 heteroatoms. The van der Waals surface area contributed by atoms with Crippen LogP contribution in [0.4, 0.5) is 0 Å². The van der Waals surface area contributed by atoms with E-state index in [-0.39, 0.29) is 11.5 Å². The van der Waals surface area contributed by atoms with Crippen molar-refractivity contribution in [3.05, 3.63) is 105 Å². The van der Waals surface area contributed by atoms with Gasteiger partial charge in [-0.05, 0) is 59.2 Å². The number of carbonyl (C=O) groups excluding carboxylic acids is 1. The van der Waals surface area contributed by atoms with Crippen LogP contribution in [0.3, 0.4) is 0 Å². The monoisotopic (exact) mass is 391 g/mol. The summed E-state index contributed by atoms with van der Waals surface area (Å²) in [5.74, 6) is 1.31. The van der Waals surface area contributed by atoms with Crippen molar-refractivity contribution in [2.24, 2.45) is 0 Å². The van der Waals surface area contributed by atoms with Gasteiger partial charge in [-0.25, -0.2) is 0 Å². The van der Waals surface area contributed by atoms with Gasteiger partial charge in [0.05, 0.1) is 5.54 Å². The van der Waals surface area contributed by atoms with E-state index in [2.05, 4.69) is 79.4 Å². The van der Waals surface area contributed by atoms with Crippen LogP contribution in [0.15, 0.2) is 60.7 Å². The predicted octanol–water partition coefficient (Wildman–Crippen LogP) is 5.66.